The van der Waals surface area contributed by atoms with Crippen LogP contribution < -0.4 is 11.1 Å². The van der Waals surface area contributed by atoms with Crippen LogP contribution in [-0.4, -0.2) is 46.4 Å². The minimum atomic E-state index is -1.15. The summed E-state index contributed by atoms with van der Waals surface area (Å²) in [4.78, 5) is 40.7. The first-order valence-corrected chi connectivity index (χ1v) is 11.5. The average Bonchev–Trinajstić information content (AvgIpc) is 3.37. The maximum absolute atomic E-state index is 12.8. The number of rotatable bonds is 8. The molecule has 1 atom stereocenters. The molecule has 1 heterocycles. The number of ether oxygens (including phenoxy) is 2. The van der Waals surface area contributed by atoms with Crippen LogP contribution in [0.1, 0.15) is 49.5 Å². The third-order valence-corrected chi connectivity index (χ3v) is 5.55. The number of hydrogen-bond acceptors (Lipinski definition) is 8. The fourth-order valence-electron chi connectivity index (χ4n) is 4.12. The molecule has 10 heteroatoms. The molecule has 1 aliphatic carbocycles. The van der Waals surface area contributed by atoms with Gasteiger partial charge in [0.2, 0.25) is 11.8 Å². The summed E-state index contributed by atoms with van der Waals surface area (Å²) >= 11 is 0. The summed E-state index contributed by atoms with van der Waals surface area (Å²) in [6.07, 6.45) is -1.14. The van der Waals surface area contributed by atoms with Gasteiger partial charge < -0.3 is 25.0 Å². The number of alkyl carbamates (subject to hydrolysis) is 1. The van der Waals surface area contributed by atoms with E-state index in [2.05, 4.69) is 15.5 Å². The molecule has 1 aliphatic rings. The molecule has 0 saturated heterocycles. The first kappa shape index (κ1) is 24.9. The normalized spacial score (nSPS) is 13.4. The molecule has 2 aromatic carbocycles. The second-order valence-electron chi connectivity index (χ2n) is 9.51. The minimum absolute atomic E-state index is 0.0426. The van der Waals surface area contributed by atoms with E-state index < -0.39 is 29.6 Å². The number of aromatic nitrogens is 2. The van der Waals surface area contributed by atoms with Crippen molar-refractivity contribution >= 4 is 18.0 Å². The monoisotopic (exact) mass is 492 g/mol. The van der Waals surface area contributed by atoms with Crippen LogP contribution in [0.5, 0.6) is 0 Å². The number of nitrogens with two attached hydrogens (primary N) is 1. The number of esters is 1. The Bertz CT molecular complexity index is 1230. The molecule has 36 heavy (non-hydrogen) atoms. The van der Waals surface area contributed by atoms with Crippen molar-refractivity contribution in [2.45, 2.75) is 51.2 Å². The minimum Gasteiger partial charge on any atom is -0.458 e. The number of fused-ring (bicyclic) bond motifs is 3. The number of benzene rings is 2. The maximum Gasteiger partial charge on any atom is 0.407 e. The number of nitrogens with zero attached hydrogens (tertiary/aromatic N) is 2. The van der Waals surface area contributed by atoms with Gasteiger partial charge in [-0.3, -0.25) is 4.79 Å². The summed E-state index contributed by atoms with van der Waals surface area (Å²) in [5.74, 6) is -1.31. The lowest BCUT2D eigenvalue weighted by Crippen LogP contribution is -2.46. The molecule has 0 bridgehead atoms. The van der Waals surface area contributed by atoms with Crippen LogP contribution in [0.2, 0.25) is 0 Å². The molecule has 0 saturated carbocycles. The van der Waals surface area contributed by atoms with Gasteiger partial charge in [0.25, 0.3) is 0 Å². The van der Waals surface area contributed by atoms with Gasteiger partial charge in [-0.2, -0.15) is 4.98 Å². The number of primary amides is 1. The zero-order valence-corrected chi connectivity index (χ0v) is 20.3. The van der Waals surface area contributed by atoms with Gasteiger partial charge in [-0.15, -0.1) is 0 Å². The molecule has 188 valence electrons. The quantitative estimate of drug-likeness (QED) is 0.456. The van der Waals surface area contributed by atoms with Crippen molar-refractivity contribution in [2.75, 3.05) is 6.61 Å². The molecule has 3 aromatic rings. The second-order valence-corrected chi connectivity index (χ2v) is 9.51. The second kappa shape index (κ2) is 10.2. The van der Waals surface area contributed by atoms with Crippen molar-refractivity contribution in [1.82, 2.24) is 15.5 Å². The number of carbonyl (C=O) groups excluding carboxylic acids is 3. The zero-order valence-electron chi connectivity index (χ0n) is 20.3. The lowest BCUT2D eigenvalue weighted by Gasteiger charge is -2.24. The predicted octanol–water partition coefficient (Wildman–Crippen LogP) is 2.89. The predicted molar refractivity (Wildman–Crippen MR) is 129 cm³/mol. The van der Waals surface area contributed by atoms with E-state index in [0.717, 1.165) is 22.3 Å². The fourth-order valence-corrected chi connectivity index (χ4v) is 4.12. The van der Waals surface area contributed by atoms with Crippen LogP contribution in [0.25, 0.3) is 11.1 Å². The van der Waals surface area contributed by atoms with E-state index in [-0.39, 0.29) is 37.1 Å². The highest BCUT2D eigenvalue weighted by Gasteiger charge is 2.32. The van der Waals surface area contributed by atoms with Crippen molar-refractivity contribution in [3.8, 4) is 11.1 Å². The summed E-state index contributed by atoms with van der Waals surface area (Å²) in [5, 5.41) is 6.23. The molecule has 2 amide bonds. The molecule has 4 rings (SSSR count). The Labute approximate surface area is 208 Å². The van der Waals surface area contributed by atoms with Crippen LogP contribution >= 0.6 is 0 Å². The van der Waals surface area contributed by atoms with Crippen LogP contribution in [0.4, 0.5) is 4.79 Å². The Kier molecular flexibility index (Phi) is 7.05. The van der Waals surface area contributed by atoms with E-state index in [4.69, 9.17) is 19.7 Å². The summed E-state index contributed by atoms with van der Waals surface area (Å²) in [6.45, 7) is 5.23. The Morgan fingerprint density at radius 1 is 1.06 bits per heavy atom. The molecule has 1 aromatic heterocycles. The molecule has 0 fully saturated rings. The van der Waals surface area contributed by atoms with E-state index in [1.807, 2.05) is 48.5 Å². The Morgan fingerprint density at radius 3 is 2.25 bits per heavy atom. The first-order valence-electron chi connectivity index (χ1n) is 11.5. The van der Waals surface area contributed by atoms with Gasteiger partial charge >= 0.3 is 12.1 Å². The SMILES string of the molecule is CC(C)(C)OC(=O)[C@H](Cc1nc(CC(N)=O)no1)NC(=O)OCC1c2ccccc2-c2ccccc21. The number of amides is 2. The lowest BCUT2D eigenvalue weighted by molar-refractivity contribution is -0.157. The molecule has 0 aliphatic heterocycles. The van der Waals surface area contributed by atoms with Crippen molar-refractivity contribution in [3.05, 3.63) is 71.4 Å². The largest absolute Gasteiger partial charge is 0.458 e. The van der Waals surface area contributed by atoms with Gasteiger partial charge in [-0.1, -0.05) is 53.7 Å². The molecular formula is C26H28N4O6. The average molecular weight is 493 g/mol. The van der Waals surface area contributed by atoms with Crippen molar-refractivity contribution in [1.29, 1.82) is 0 Å². The molecule has 3 N–H and O–H groups in total. The van der Waals surface area contributed by atoms with Gasteiger partial charge in [0.05, 0.1) is 12.8 Å². The van der Waals surface area contributed by atoms with E-state index >= 15 is 0 Å². The summed E-state index contributed by atoms with van der Waals surface area (Å²) in [5.41, 5.74) is 8.73. The van der Waals surface area contributed by atoms with Crippen LogP contribution in [0, 0.1) is 0 Å². The summed E-state index contributed by atoms with van der Waals surface area (Å²) in [6, 6.07) is 14.8. The number of nitrogens with one attached hydrogen (secondary N) is 1. The van der Waals surface area contributed by atoms with Gasteiger partial charge in [0.15, 0.2) is 5.82 Å². The highest BCUT2D eigenvalue weighted by atomic mass is 16.6. The Balaban J connectivity index is 1.45. The molecular weight excluding hydrogens is 464 g/mol. The van der Waals surface area contributed by atoms with Gasteiger partial charge in [-0.25, -0.2) is 9.59 Å². The maximum atomic E-state index is 12.8. The summed E-state index contributed by atoms with van der Waals surface area (Å²) in [7, 11) is 0. The van der Waals surface area contributed by atoms with Gasteiger partial charge in [0.1, 0.15) is 18.2 Å². The molecule has 0 spiro atoms. The molecule has 10 nitrogen and oxygen atoms in total. The highest BCUT2D eigenvalue weighted by molar-refractivity contribution is 5.82. The van der Waals surface area contributed by atoms with Crippen molar-refractivity contribution < 1.29 is 28.4 Å². The van der Waals surface area contributed by atoms with Gasteiger partial charge in [-0.05, 0) is 43.0 Å². The Hall–Kier alpha value is -4.21. The van der Waals surface area contributed by atoms with Crippen LogP contribution in [0.3, 0.4) is 0 Å². The third-order valence-electron chi connectivity index (χ3n) is 5.55. The van der Waals surface area contributed by atoms with Gasteiger partial charge in [0, 0.05) is 5.92 Å². The van der Waals surface area contributed by atoms with Crippen LogP contribution in [-0.2, 0) is 31.9 Å². The molecule has 0 radical (unpaired) electrons. The van der Waals surface area contributed by atoms with Crippen molar-refractivity contribution in [3.63, 3.8) is 0 Å². The Morgan fingerprint density at radius 2 is 1.67 bits per heavy atom. The zero-order chi connectivity index (χ0) is 25.9. The summed E-state index contributed by atoms with van der Waals surface area (Å²) < 4.78 is 16.1. The number of hydrogen-bond donors (Lipinski definition) is 2. The highest BCUT2D eigenvalue weighted by Crippen LogP contribution is 2.44. The first-order chi connectivity index (χ1) is 17.1. The molecule has 0 unspecified atom stereocenters. The number of carbonyl (C=O) groups is 3. The smallest absolute Gasteiger partial charge is 0.407 e. The van der Waals surface area contributed by atoms with Crippen LogP contribution in [0.15, 0.2) is 53.1 Å². The topological polar surface area (TPSA) is 147 Å². The van der Waals surface area contributed by atoms with E-state index in [9.17, 15) is 14.4 Å². The third kappa shape index (κ3) is 5.88. The lowest BCUT2D eigenvalue weighted by atomic mass is 9.98. The van der Waals surface area contributed by atoms with E-state index in [1.54, 1.807) is 20.8 Å². The van der Waals surface area contributed by atoms with Crippen molar-refractivity contribution in [2.24, 2.45) is 5.73 Å². The van der Waals surface area contributed by atoms with E-state index in [1.165, 1.54) is 0 Å². The van der Waals surface area contributed by atoms with E-state index in [0.29, 0.717) is 0 Å². The standard InChI is InChI=1S/C26H28N4O6/c1-26(2,3)35-24(32)20(12-23-29-22(30-36-23)13-21(27)31)28-25(33)34-14-19-17-10-6-4-8-15(17)16-9-5-7-11-18(16)19/h4-11,19-20H,12-14H2,1-3H3,(H2,27,31)(H,28,33)/t20-/m0/s1. The fraction of sp³-hybridized carbons (Fsp3) is 0.346.